The minimum atomic E-state index is -1.01. The Balaban J connectivity index is 1.38. The first kappa shape index (κ1) is 29.6. The van der Waals surface area contributed by atoms with Crippen LogP contribution in [0.3, 0.4) is 0 Å². The summed E-state index contributed by atoms with van der Waals surface area (Å²) in [4.78, 5) is 55.3. The number of rotatable bonds is 9. The smallest absolute Gasteiger partial charge is 0.305 e. The van der Waals surface area contributed by atoms with Crippen LogP contribution in [0.25, 0.3) is 0 Å². The molecule has 0 aromatic heterocycles. The van der Waals surface area contributed by atoms with Gasteiger partial charge in [0, 0.05) is 43.6 Å². The third-order valence-electron chi connectivity index (χ3n) is 8.73. The van der Waals surface area contributed by atoms with E-state index in [1.807, 2.05) is 42.2 Å². The lowest BCUT2D eigenvalue weighted by atomic mass is 9.88. The SMILES string of the molecule is Cc1ccc(C(CC(=O)O)NC(=O)c2ccc(N3CCCN(C(=O)C4CC4)CC3)c(NC(=O)C3CCCCC3)c2)cc1. The predicted molar refractivity (Wildman–Crippen MR) is 161 cm³/mol. The lowest BCUT2D eigenvalue weighted by Gasteiger charge is -2.28. The van der Waals surface area contributed by atoms with Gasteiger partial charge in [-0.25, -0.2) is 0 Å². The number of nitrogens with one attached hydrogen (secondary N) is 2. The molecule has 0 spiro atoms. The quantitative estimate of drug-likeness (QED) is 0.392. The normalized spacial score (nSPS) is 18.6. The van der Waals surface area contributed by atoms with Crippen molar-refractivity contribution in [1.82, 2.24) is 10.2 Å². The summed E-state index contributed by atoms with van der Waals surface area (Å²) in [6, 6.07) is 12.0. The molecular weight excluding hydrogens is 532 g/mol. The number of carbonyl (C=O) groups is 4. The maximum atomic E-state index is 13.5. The minimum Gasteiger partial charge on any atom is -0.481 e. The van der Waals surface area contributed by atoms with E-state index in [1.54, 1.807) is 12.1 Å². The number of carboxylic acid groups (broad SMARTS) is 1. The molecule has 3 aliphatic rings. The van der Waals surface area contributed by atoms with Gasteiger partial charge in [0.1, 0.15) is 0 Å². The number of hydrogen-bond acceptors (Lipinski definition) is 5. The van der Waals surface area contributed by atoms with Gasteiger partial charge in [-0.15, -0.1) is 0 Å². The minimum absolute atomic E-state index is 0.0303. The first-order valence-electron chi connectivity index (χ1n) is 15.4. The van der Waals surface area contributed by atoms with Gasteiger partial charge in [-0.2, -0.15) is 0 Å². The first-order valence-corrected chi connectivity index (χ1v) is 15.4. The first-order chi connectivity index (χ1) is 20.3. The lowest BCUT2D eigenvalue weighted by Crippen LogP contribution is -2.36. The van der Waals surface area contributed by atoms with Crippen molar-refractivity contribution < 1.29 is 24.3 Å². The molecule has 224 valence electrons. The molecule has 2 aliphatic carbocycles. The second-order valence-corrected chi connectivity index (χ2v) is 12.0. The van der Waals surface area contributed by atoms with Crippen LogP contribution in [0.5, 0.6) is 0 Å². The zero-order chi connectivity index (χ0) is 29.6. The van der Waals surface area contributed by atoms with Gasteiger partial charge >= 0.3 is 5.97 Å². The van der Waals surface area contributed by atoms with E-state index in [0.717, 1.165) is 75.7 Å². The lowest BCUT2D eigenvalue weighted by molar-refractivity contribution is -0.137. The predicted octanol–water partition coefficient (Wildman–Crippen LogP) is 4.91. The topological polar surface area (TPSA) is 119 Å². The van der Waals surface area contributed by atoms with Crippen molar-refractivity contribution >= 4 is 35.1 Å². The highest BCUT2D eigenvalue weighted by molar-refractivity contribution is 6.01. The molecule has 9 heteroatoms. The van der Waals surface area contributed by atoms with E-state index in [1.165, 1.54) is 0 Å². The Hall–Kier alpha value is -3.88. The Kier molecular flexibility index (Phi) is 9.45. The van der Waals surface area contributed by atoms with E-state index in [-0.39, 0.29) is 30.1 Å². The van der Waals surface area contributed by atoms with Crippen molar-refractivity contribution in [2.45, 2.75) is 70.8 Å². The van der Waals surface area contributed by atoms with E-state index in [9.17, 15) is 24.3 Å². The number of hydrogen-bond donors (Lipinski definition) is 3. The number of carbonyl (C=O) groups excluding carboxylic acids is 3. The Bertz CT molecular complexity index is 1300. The van der Waals surface area contributed by atoms with Crippen molar-refractivity contribution in [1.29, 1.82) is 0 Å². The van der Waals surface area contributed by atoms with Crippen LogP contribution in [-0.2, 0) is 14.4 Å². The van der Waals surface area contributed by atoms with E-state index in [4.69, 9.17) is 0 Å². The molecule has 2 aromatic carbocycles. The molecule has 3 fully saturated rings. The van der Waals surface area contributed by atoms with Gasteiger partial charge in [-0.1, -0.05) is 49.1 Å². The number of aryl methyl sites for hydroxylation is 1. The second kappa shape index (κ2) is 13.4. The van der Waals surface area contributed by atoms with Gasteiger partial charge < -0.3 is 25.5 Å². The fourth-order valence-electron chi connectivity index (χ4n) is 6.09. The summed E-state index contributed by atoms with van der Waals surface area (Å²) in [5.74, 6) is -1.06. The molecule has 0 radical (unpaired) electrons. The Morgan fingerprint density at radius 1 is 0.857 bits per heavy atom. The highest BCUT2D eigenvalue weighted by atomic mass is 16.4. The number of nitrogens with zero attached hydrogens (tertiary/aromatic N) is 2. The Labute approximate surface area is 247 Å². The van der Waals surface area contributed by atoms with E-state index in [2.05, 4.69) is 15.5 Å². The summed E-state index contributed by atoms with van der Waals surface area (Å²) < 4.78 is 0. The maximum absolute atomic E-state index is 13.5. The molecule has 3 N–H and O–H groups in total. The molecule has 5 rings (SSSR count). The average Bonchev–Trinajstić information content (AvgIpc) is 3.85. The molecule has 3 amide bonds. The standard InChI is InChI=1S/C33H42N4O5/c1-22-8-10-23(11-9-22)27(21-30(38)39)34-32(41)26-14-15-29(28(20-26)35-31(40)24-6-3-2-4-7-24)36-16-5-17-37(19-18-36)33(42)25-12-13-25/h8-11,14-15,20,24-25,27H,2-7,12-13,16-19,21H2,1H3,(H,34,41)(H,35,40)(H,38,39). The molecule has 1 atom stereocenters. The number of amides is 3. The molecule has 2 aromatic rings. The van der Waals surface area contributed by atoms with Crippen LogP contribution in [-0.4, -0.2) is 59.9 Å². The summed E-state index contributed by atoms with van der Waals surface area (Å²) in [6.45, 7) is 4.68. The summed E-state index contributed by atoms with van der Waals surface area (Å²) in [6.07, 6.45) is 7.48. The highest BCUT2D eigenvalue weighted by Gasteiger charge is 2.34. The molecule has 1 saturated heterocycles. The summed E-state index contributed by atoms with van der Waals surface area (Å²) in [7, 11) is 0. The van der Waals surface area contributed by atoms with Crippen molar-refractivity contribution in [3.05, 3.63) is 59.2 Å². The third kappa shape index (κ3) is 7.49. The van der Waals surface area contributed by atoms with Crippen LogP contribution in [0.4, 0.5) is 11.4 Å². The summed E-state index contributed by atoms with van der Waals surface area (Å²) >= 11 is 0. The monoisotopic (exact) mass is 574 g/mol. The highest BCUT2D eigenvalue weighted by Crippen LogP contribution is 2.34. The van der Waals surface area contributed by atoms with Crippen molar-refractivity contribution in [3.8, 4) is 0 Å². The van der Waals surface area contributed by atoms with Crippen LogP contribution in [0.1, 0.15) is 85.3 Å². The molecular formula is C33H42N4O5. The van der Waals surface area contributed by atoms with Gasteiger partial charge in [0.25, 0.3) is 5.91 Å². The van der Waals surface area contributed by atoms with Gasteiger partial charge in [-0.3, -0.25) is 19.2 Å². The Morgan fingerprint density at radius 2 is 1.60 bits per heavy atom. The maximum Gasteiger partial charge on any atom is 0.305 e. The van der Waals surface area contributed by atoms with E-state index >= 15 is 0 Å². The van der Waals surface area contributed by atoms with Gasteiger partial charge in [0.05, 0.1) is 23.8 Å². The van der Waals surface area contributed by atoms with Crippen molar-refractivity contribution in [3.63, 3.8) is 0 Å². The fraction of sp³-hybridized carbons (Fsp3) is 0.515. The summed E-state index contributed by atoms with van der Waals surface area (Å²) in [5.41, 5.74) is 3.51. The van der Waals surface area contributed by atoms with Crippen LogP contribution in [0.2, 0.25) is 0 Å². The van der Waals surface area contributed by atoms with Crippen LogP contribution in [0.15, 0.2) is 42.5 Å². The van der Waals surface area contributed by atoms with Crippen molar-refractivity contribution in [2.24, 2.45) is 11.8 Å². The molecule has 9 nitrogen and oxygen atoms in total. The van der Waals surface area contributed by atoms with Crippen LogP contribution in [0, 0.1) is 18.8 Å². The average molecular weight is 575 g/mol. The molecule has 1 aliphatic heterocycles. The second-order valence-electron chi connectivity index (χ2n) is 12.0. The van der Waals surface area contributed by atoms with Crippen LogP contribution < -0.4 is 15.5 Å². The van der Waals surface area contributed by atoms with Crippen LogP contribution >= 0.6 is 0 Å². The van der Waals surface area contributed by atoms with E-state index in [0.29, 0.717) is 29.9 Å². The third-order valence-corrected chi connectivity index (χ3v) is 8.73. The zero-order valence-electron chi connectivity index (χ0n) is 24.4. The zero-order valence-corrected chi connectivity index (χ0v) is 24.4. The molecule has 2 saturated carbocycles. The van der Waals surface area contributed by atoms with Crippen molar-refractivity contribution in [2.75, 3.05) is 36.4 Å². The molecule has 0 bridgehead atoms. The number of carboxylic acids is 1. The van der Waals surface area contributed by atoms with Gasteiger partial charge in [0.2, 0.25) is 11.8 Å². The van der Waals surface area contributed by atoms with E-state index < -0.39 is 17.9 Å². The number of aliphatic carboxylic acids is 1. The molecule has 1 heterocycles. The number of anilines is 2. The molecule has 1 unspecified atom stereocenters. The number of benzene rings is 2. The summed E-state index contributed by atoms with van der Waals surface area (Å²) in [5, 5.41) is 15.6. The van der Waals surface area contributed by atoms with Gasteiger partial charge in [-0.05, 0) is 62.8 Å². The fourth-order valence-corrected chi connectivity index (χ4v) is 6.09. The molecule has 42 heavy (non-hydrogen) atoms. The largest absolute Gasteiger partial charge is 0.481 e. The van der Waals surface area contributed by atoms with Gasteiger partial charge in [0.15, 0.2) is 0 Å². The Morgan fingerprint density at radius 3 is 2.29 bits per heavy atom.